The van der Waals surface area contributed by atoms with Crippen molar-refractivity contribution < 1.29 is 18.0 Å². The average Bonchev–Trinajstić information content (AvgIpc) is 3.47. The topological polar surface area (TPSA) is 45.2 Å². The Kier molecular flexibility index (Phi) is 5.99. The van der Waals surface area contributed by atoms with E-state index in [1.807, 2.05) is 19.1 Å². The number of anilines is 1. The number of carbonyl (C=O) groups is 1. The fourth-order valence-electron chi connectivity index (χ4n) is 3.72. The van der Waals surface area contributed by atoms with E-state index in [0.717, 1.165) is 34.8 Å². The number of carbonyl (C=O) groups excluding carboxylic acids is 1. The van der Waals surface area contributed by atoms with Crippen LogP contribution in [0.25, 0.3) is 10.6 Å². The van der Waals surface area contributed by atoms with Gasteiger partial charge in [0.15, 0.2) is 0 Å². The third-order valence-corrected chi connectivity index (χ3v) is 6.90. The molecule has 3 aromatic rings. The molecule has 168 valence electrons. The number of thiazole rings is 1. The quantitative estimate of drug-likeness (QED) is 0.496. The van der Waals surface area contributed by atoms with Crippen LogP contribution in [-0.4, -0.2) is 29.9 Å². The summed E-state index contributed by atoms with van der Waals surface area (Å²) >= 11 is 1.47. The predicted octanol–water partition coefficient (Wildman–Crippen LogP) is 5.94. The Bertz CT molecular complexity index is 1110. The molecule has 32 heavy (non-hydrogen) atoms. The van der Waals surface area contributed by atoms with Crippen molar-refractivity contribution in [3.05, 3.63) is 70.2 Å². The van der Waals surface area contributed by atoms with Crippen LogP contribution in [0.3, 0.4) is 0 Å². The number of aryl methyl sites for hydroxylation is 1. The first-order valence-corrected chi connectivity index (χ1v) is 11.1. The van der Waals surface area contributed by atoms with Gasteiger partial charge >= 0.3 is 6.18 Å². The number of hydrogen-bond donors (Lipinski definition) is 1. The number of aromatic nitrogens is 1. The van der Waals surface area contributed by atoms with Gasteiger partial charge in [0.1, 0.15) is 5.01 Å². The van der Waals surface area contributed by atoms with Gasteiger partial charge in [0.25, 0.3) is 0 Å². The Hall–Kier alpha value is -2.87. The number of nitrogens with zero attached hydrogens (tertiary/aromatic N) is 2. The van der Waals surface area contributed by atoms with Gasteiger partial charge in [-0.15, -0.1) is 11.3 Å². The van der Waals surface area contributed by atoms with Gasteiger partial charge in [-0.05, 0) is 49.1 Å². The number of nitrogens with one attached hydrogen (secondary N) is 1. The highest BCUT2D eigenvalue weighted by molar-refractivity contribution is 7.15. The first kappa shape index (κ1) is 22.3. The summed E-state index contributed by atoms with van der Waals surface area (Å²) in [6.45, 7) is 2.48. The SMILES string of the molecule is Cc1nc(-c2ccc(C(F)(F)F)cc2)sc1CNc1ccc([C@H]2C[C@@H]2C(=O)N(C)C)cc1. The summed E-state index contributed by atoms with van der Waals surface area (Å²) in [7, 11) is 3.57. The van der Waals surface area contributed by atoms with Crippen molar-refractivity contribution in [1.29, 1.82) is 0 Å². The summed E-state index contributed by atoms with van der Waals surface area (Å²) in [6.07, 6.45) is -3.44. The van der Waals surface area contributed by atoms with Crippen LogP contribution in [0.2, 0.25) is 0 Å². The zero-order valence-corrected chi connectivity index (χ0v) is 18.8. The van der Waals surface area contributed by atoms with E-state index in [9.17, 15) is 18.0 Å². The molecule has 4 rings (SSSR count). The van der Waals surface area contributed by atoms with E-state index in [-0.39, 0.29) is 11.8 Å². The maximum atomic E-state index is 12.8. The lowest BCUT2D eigenvalue weighted by Crippen LogP contribution is -2.23. The molecule has 1 aromatic heterocycles. The van der Waals surface area contributed by atoms with Gasteiger partial charge in [0.2, 0.25) is 5.91 Å². The Morgan fingerprint density at radius 1 is 1.12 bits per heavy atom. The highest BCUT2D eigenvalue weighted by Crippen LogP contribution is 2.48. The van der Waals surface area contributed by atoms with Crippen molar-refractivity contribution in [2.24, 2.45) is 5.92 Å². The van der Waals surface area contributed by atoms with Crippen LogP contribution in [0.15, 0.2) is 48.5 Å². The van der Waals surface area contributed by atoms with Gasteiger partial charge in [0.05, 0.1) is 17.8 Å². The molecule has 1 heterocycles. The average molecular weight is 460 g/mol. The largest absolute Gasteiger partial charge is 0.416 e. The molecule has 0 bridgehead atoms. The van der Waals surface area contributed by atoms with Gasteiger partial charge in [-0.3, -0.25) is 4.79 Å². The monoisotopic (exact) mass is 459 g/mol. The van der Waals surface area contributed by atoms with Crippen molar-refractivity contribution in [3.8, 4) is 10.6 Å². The predicted molar refractivity (Wildman–Crippen MR) is 121 cm³/mol. The second-order valence-electron chi connectivity index (χ2n) is 8.26. The molecule has 1 aliphatic rings. The van der Waals surface area contributed by atoms with E-state index in [1.54, 1.807) is 19.0 Å². The van der Waals surface area contributed by atoms with E-state index < -0.39 is 11.7 Å². The Balaban J connectivity index is 1.38. The third-order valence-electron chi connectivity index (χ3n) is 5.69. The summed E-state index contributed by atoms with van der Waals surface area (Å²) in [6, 6.07) is 13.2. The zero-order valence-electron chi connectivity index (χ0n) is 18.0. The maximum absolute atomic E-state index is 12.8. The number of benzene rings is 2. The highest BCUT2D eigenvalue weighted by Gasteiger charge is 2.44. The first-order chi connectivity index (χ1) is 15.1. The molecule has 1 saturated carbocycles. The molecular formula is C24H24F3N3OS. The minimum Gasteiger partial charge on any atom is -0.380 e. The van der Waals surface area contributed by atoms with Crippen molar-refractivity contribution >= 4 is 22.9 Å². The van der Waals surface area contributed by atoms with E-state index in [4.69, 9.17) is 0 Å². The van der Waals surface area contributed by atoms with E-state index in [1.165, 1.54) is 29.0 Å². The minimum atomic E-state index is -4.34. The fraction of sp³-hybridized carbons (Fsp3) is 0.333. The minimum absolute atomic E-state index is 0.0901. The molecule has 1 fully saturated rings. The first-order valence-electron chi connectivity index (χ1n) is 10.3. The number of halogens is 3. The fourth-order valence-corrected chi connectivity index (χ4v) is 4.72. The van der Waals surface area contributed by atoms with Gasteiger partial charge in [-0.25, -0.2) is 4.98 Å². The maximum Gasteiger partial charge on any atom is 0.416 e. The van der Waals surface area contributed by atoms with Gasteiger partial charge < -0.3 is 10.2 Å². The second-order valence-corrected chi connectivity index (χ2v) is 9.34. The van der Waals surface area contributed by atoms with Crippen LogP contribution in [0.1, 0.15) is 34.0 Å². The molecule has 0 unspecified atom stereocenters. The lowest BCUT2D eigenvalue weighted by molar-refractivity contribution is -0.137. The van der Waals surface area contributed by atoms with Crippen molar-refractivity contribution in [3.63, 3.8) is 0 Å². The molecule has 4 nitrogen and oxygen atoms in total. The summed E-state index contributed by atoms with van der Waals surface area (Å²) in [5.74, 6) is 0.572. The summed E-state index contributed by atoms with van der Waals surface area (Å²) < 4.78 is 38.3. The smallest absolute Gasteiger partial charge is 0.380 e. The second kappa shape index (κ2) is 8.58. The summed E-state index contributed by atoms with van der Waals surface area (Å²) in [4.78, 5) is 19.3. The molecule has 0 radical (unpaired) electrons. The molecule has 1 aliphatic carbocycles. The molecule has 1 N–H and O–H groups in total. The van der Waals surface area contributed by atoms with E-state index in [0.29, 0.717) is 23.0 Å². The van der Waals surface area contributed by atoms with Gasteiger partial charge in [-0.1, -0.05) is 24.3 Å². The molecule has 0 spiro atoms. The van der Waals surface area contributed by atoms with Crippen molar-refractivity contribution in [2.45, 2.75) is 32.0 Å². The van der Waals surface area contributed by atoms with E-state index in [2.05, 4.69) is 22.4 Å². The Morgan fingerprint density at radius 3 is 2.38 bits per heavy atom. The molecule has 2 aromatic carbocycles. The molecule has 2 atom stereocenters. The van der Waals surface area contributed by atoms with Crippen LogP contribution < -0.4 is 5.32 Å². The number of amides is 1. The van der Waals surface area contributed by atoms with Crippen LogP contribution in [0, 0.1) is 12.8 Å². The standard InChI is InChI=1S/C24H24F3N3OS/c1-14-21(32-22(29-14)16-4-8-17(9-5-16)24(25,26)27)13-28-18-10-6-15(7-11-18)19-12-20(19)23(31)30(2)3/h4-11,19-20,28H,12-13H2,1-3H3/t19-,20+/m1/s1. The molecule has 0 aliphatic heterocycles. The van der Waals surface area contributed by atoms with Crippen molar-refractivity contribution in [2.75, 3.05) is 19.4 Å². The molecule has 0 saturated heterocycles. The van der Waals surface area contributed by atoms with Crippen LogP contribution in [0.5, 0.6) is 0 Å². The van der Waals surface area contributed by atoms with Gasteiger partial charge in [0, 0.05) is 36.1 Å². The Morgan fingerprint density at radius 2 is 1.78 bits per heavy atom. The van der Waals surface area contributed by atoms with Crippen LogP contribution in [0.4, 0.5) is 18.9 Å². The molecule has 8 heteroatoms. The lowest BCUT2D eigenvalue weighted by atomic mass is 10.1. The number of hydrogen-bond acceptors (Lipinski definition) is 4. The van der Waals surface area contributed by atoms with E-state index >= 15 is 0 Å². The third kappa shape index (κ3) is 4.80. The summed E-state index contributed by atoms with van der Waals surface area (Å²) in [5, 5.41) is 4.08. The number of alkyl halides is 3. The number of rotatable bonds is 6. The molecule has 1 amide bonds. The lowest BCUT2D eigenvalue weighted by Gasteiger charge is -2.10. The zero-order chi connectivity index (χ0) is 23.0. The summed E-state index contributed by atoms with van der Waals surface area (Å²) in [5.41, 5.74) is 3.01. The Labute approximate surface area is 189 Å². The van der Waals surface area contributed by atoms with Crippen LogP contribution in [-0.2, 0) is 17.5 Å². The highest BCUT2D eigenvalue weighted by atomic mass is 32.1. The van der Waals surface area contributed by atoms with Gasteiger partial charge in [-0.2, -0.15) is 13.2 Å². The normalized spacial score (nSPS) is 17.8. The molecular weight excluding hydrogens is 435 g/mol. The van der Waals surface area contributed by atoms with Crippen molar-refractivity contribution in [1.82, 2.24) is 9.88 Å². The van der Waals surface area contributed by atoms with Crippen LogP contribution >= 0.6 is 11.3 Å².